The zero-order chi connectivity index (χ0) is 20.4. The average molecular weight is 420 g/mol. The van der Waals surface area contributed by atoms with Crippen LogP contribution in [0.25, 0.3) is 28.5 Å². The number of hydrogen-bond donors (Lipinski definition) is 1. The minimum Gasteiger partial charge on any atom is -0.311 e. The molecule has 4 rings (SSSR count). The molecule has 10 heteroatoms. The predicted octanol–water partition coefficient (Wildman–Crippen LogP) is 3.27. The van der Waals surface area contributed by atoms with Crippen molar-refractivity contribution < 1.29 is 4.79 Å². The Kier molecular flexibility index (Phi) is 4.99. The van der Waals surface area contributed by atoms with Gasteiger partial charge in [0, 0.05) is 11.8 Å². The van der Waals surface area contributed by atoms with Crippen LogP contribution in [0.4, 0.5) is 5.82 Å². The number of amides is 1. The van der Waals surface area contributed by atoms with Crippen LogP contribution >= 0.6 is 22.7 Å². The lowest BCUT2D eigenvalue weighted by atomic mass is 10.2. The van der Waals surface area contributed by atoms with Crippen LogP contribution in [-0.4, -0.2) is 25.5 Å². The summed E-state index contributed by atoms with van der Waals surface area (Å²) in [6.45, 7) is 1.30. The van der Waals surface area contributed by atoms with E-state index < -0.39 is 11.5 Å². The van der Waals surface area contributed by atoms with Crippen LogP contribution in [0.2, 0.25) is 0 Å². The molecule has 1 amide bonds. The van der Waals surface area contributed by atoms with Gasteiger partial charge in [-0.25, -0.2) is 9.38 Å². The van der Waals surface area contributed by atoms with E-state index in [1.807, 2.05) is 29.0 Å². The number of thiophene rings is 2. The molecular weight excluding hydrogens is 408 g/mol. The third-order valence-corrected chi connectivity index (χ3v) is 5.60. The van der Waals surface area contributed by atoms with E-state index in [2.05, 4.69) is 26.6 Å². The highest BCUT2D eigenvalue weighted by atomic mass is 32.1. The van der Waals surface area contributed by atoms with Gasteiger partial charge in [-0.1, -0.05) is 12.1 Å². The van der Waals surface area contributed by atoms with E-state index in [9.17, 15) is 14.9 Å². The lowest BCUT2D eigenvalue weighted by Crippen LogP contribution is -2.26. The van der Waals surface area contributed by atoms with Gasteiger partial charge in [0.2, 0.25) is 5.91 Å². The molecule has 0 saturated heterocycles. The number of rotatable bonds is 4. The minimum absolute atomic E-state index is 0.00516. The number of nitrogens with one attached hydrogen (secondary N) is 1. The Bertz CT molecular complexity index is 1330. The van der Waals surface area contributed by atoms with Crippen molar-refractivity contribution in [3.63, 3.8) is 0 Å². The first-order valence-corrected chi connectivity index (χ1v) is 10.1. The first kappa shape index (κ1) is 18.7. The highest BCUT2D eigenvalue weighted by Gasteiger charge is 2.21. The topological polar surface area (TPSA) is 113 Å². The number of nitrogens with zero attached hydrogens (tertiary/aromatic N) is 5. The summed E-state index contributed by atoms with van der Waals surface area (Å²) in [6, 6.07) is 9.47. The molecule has 0 unspecified atom stereocenters. The van der Waals surface area contributed by atoms with E-state index in [-0.39, 0.29) is 22.9 Å². The van der Waals surface area contributed by atoms with Crippen LogP contribution in [0, 0.1) is 11.3 Å². The summed E-state index contributed by atoms with van der Waals surface area (Å²) >= 11 is 2.90. The van der Waals surface area contributed by atoms with E-state index >= 15 is 0 Å². The summed E-state index contributed by atoms with van der Waals surface area (Å²) in [4.78, 5) is 30.9. The zero-order valence-electron chi connectivity index (χ0n) is 15.0. The smallest absolute Gasteiger partial charge is 0.287 e. The number of nitriles is 1. The van der Waals surface area contributed by atoms with Crippen molar-refractivity contribution >= 4 is 52.3 Å². The Labute approximate surface area is 172 Å². The van der Waals surface area contributed by atoms with Crippen LogP contribution in [0.15, 0.2) is 39.8 Å². The molecule has 0 spiro atoms. The number of fused-ring (bicyclic) bond motifs is 1. The van der Waals surface area contributed by atoms with E-state index in [0.717, 1.165) is 9.28 Å². The number of carbonyl (C=O) groups excluding carboxylic acids is 1. The molecule has 29 heavy (non-hydrogen) atoms. The Hall–Kier alpha value is -3.68. The Morgan fingerprint density at radius 2 is 2.00 bits per heavy atom. The van der Waals surface area contributed by atoms with E-state index in [4.69, 9.17) is 0 Å². The van der Waals surface area contributed by atoms with Crippen LogP contribution in [0.3, 0.4) is 0 Å². The third-order valence-electron chi connectivity index (χ3n) is 3.89. The molecular formula is C19H12N6O2S2. The summed E-state index contributed by atoms with van der Waals surface area (Å²) in [5.41, 5.74) is -0.0504. The maximum Gasteiger partial charge on any atom is 0.287 e. The summed E-state index contributed by atoms with van der Waals surface area (Å²) in [5.74, 6) is -0.404. The Morgan fingerprint density at radius 3 is 2.66 bits per heavy atom. The van der Waals surface area contributed by atoms with Gasteiger partial charge in [-0.05, 0) is 35.0 Å². The fourth-order valence-electron chi connectivity index (χ4n) is 2.68. The highest BCUT2D eigenvalue weighted by molar-refractivity contribution is 7.13. The van der Waals surface area contributed by atoms with Crippen LogP contribution in [-0.2, 0) is 4.79 Å². The largest absolute Gasteiger partial charge is 0.311 e. The molecule has 0 fully saturated rings. The van der Waals surface area contributed by atoms with Crippen molar-refractivity contribution in [2.75, 3.05) is 5.32 Å². The number of hydrogen-bond acceptors (Lipinski definition) is 8. The van der Waals surface area contributed by atoms with Gasteiger partial charge < -0.3 is 5.32 Å². The molecule has 142 valence electrons. The first-order valence-electron chi connectivity index (χ1n) is 8.35. The SMILES string of the molecule is CC(=O)Nc1c(C#N)c(-c2cccs2)nc2nnc(/C=C\c3cccs3)c(=O)n12. The summed E-state index contributed by atoms with van der Waals surface area (Å²) in [6.07, 6.45) is 3.30. The monoisotopic (exact) mass is 420 g/mol. The fourth-order valence-corrected chi connectivity index (χ4v) is 4.02. The van der Waals surface area contributed by atoms with E-state index in [0.29, 0.717) is 10.6 Å². The molecule has 0 saturated carbocycles. The van der Waals surface area contributed by atoms with Gasteiger partial charge >= 0.3 is 0 Å². The quantitative estimate of drug-likeness (QED) is 0.542. The van der Waals surface area contributed by atoms with Crippen molar-refractivity contribution in [2.24, 2.45) is 0 Å². The fraction of sp³-hybridized carbons (Fsp3) is 0.0526. The first-order chi connectivity index (χ1) is 14.1. The number of aromatic nitrogens is 4. The molecule has 1 N–H and O–H groups in total. The molecule has 0 aliphatic carbocycles. The predicted molar refractivity (Wildman–Crippen MR) is 113 cm³/mol. The second kappa shape index (κ2) is 7.75. The number of anilines is 1. The zero-order valence-corrected chi connectivity index (χ0v) is 16.6. The van der Waals surface area contributed by atoms with E-state index in [1.165, 1.54) is 29.6 Å². The second-order valence-electron chi connectivity index (χ2n) is 5.83. The van der Waals surface area contributed by atoms with Crippen molar-refractivity contribution in [3.8, 4) is 16.6 Å². The lowest BCUT2D eigenvalue weighted by Gasteiger charge is -2.12. The lowest BCUT2D eigenvalue weighted by molar-refractivity contribution is -0.114. The summed E-state index contributed by atoms with van der Waals surface area (Å²) in [7, 11) is 0. The molecule has 0 aromatic carbocycles. The molecule has 4 heterocycles. The normalized spacial score (nSPS) is 11.0. The highest BCUT2D eigenvalue weighted by Crippen LogP contribution is 2.30. The van der Waals surface area contributed by atoms with Crippen molar-refractivity contribution in [2.45, 2.75) is 6.92 Å². The second-order valence-corrected chi connectivity index (χ2v) is 7.76. The van der Waals surface area contributed by atoms with Gasteiger partial charge in [-0.15, -0.1) is 32.9 Å². The molecule has 0 bridgehead atoms. The van der Waals surface area contributed by atoms with Gasteiger partial charge in [-0.2, -0.15) is 5.26 Å². The number of carbonyl (C=O) groups is 1. The van der Waals surface area contributed by atoms with Gasteiger partial charge in [-0.3, -0.25) is 9.59 Å². The minimum atomic E-state index is -0.534. The van der Waals surface area contributed by atoms with E-state index in [1.54, 1.807) is 18.2 Å². The van der Waals surface area contributed by atoms with Crippen molar-refractivity contribution in [1.29, 1.82) is 5.26 Å². The van der Waals surface area contributed by atoms with Crippen LogP contribution in [0.5, 0.6) is 0 Å². The third kappa shape index (κ3) is 3.56. The van der Waals surface area contributed by atoms with Crippen LogP contribution in [0.1, 0.15) is 23.1 Å². The summed E-state index contributed by atoms with van der Waals surface area (Å²) in [5, 5.41) is 24.1. The molecule has 0 aliphatic rings. The molecule has 0 aliphatic heterocycles. The van der Waals surface area contributed by atoms with Gasteiger partial charge in [0.05, 0.1) is 4.88 Å². The van der Waals surface area contributed by atoms with Gasteiger partial charge in [0.15, 0.2) is 5.69 Å². The molecule has 8 nitrogen and oxygen atoms in total. The maximum atomic E-state index is 13.1. The Balaban J connectivity index is 1.99. The van der Waals surface area contributed by atoms with Gasteiger partial charge in [0.1, 0.15) is 23.1 Å². The standard InChI is InChI=1S/C19H12N6O2S2/c1-11(26)21-17-13(10-20)16(15-5-3-9-29-15)22-19-24-23-14(18(27)25(17)19)7-6-12-4-2-8-28-12/h2-9H,1H3,(H,21,26)/b7-6-. The van der Waals surface area contributed by atoms with Crippen LogP contribution < -0.4 is 10.9 Å². The van der Waals surface area contributed by atoms with Crippen molar-refractivity contribution in [1.82, 2.24) is 19.6 Å². The maximum absolute atomic E-state index is 13.1. The van der Waals surface area contributed by atoms with Gasteiger partial charge in [0.25, 0.3) is 11.3 Å². The molecule has 0 atom stereocenters. The molecule has 4 aromatic rings. The Morgan fingerprint density at radius 1 is 1.21 bits per heavy atom. The van der Waals surface area contributed by atoms with Crippen molar-refractivity contribution in [3.05, 3.63) is 61.5 Å². The average Bonchev–Trinajstić information content (AvgIpc) is 3.40. The summed E-state index contributed by atoms with van der Waals surface area (Å²) < 4.78 is 1.11. The molecule has 4 aromatic heterocycles. The molecule has 0 radical (unpaired) electrons.